The summed E-state index contributed by atoms with van der Waals surface area (Å²) in [4.78, 5) is 32.4. The maximum Gasteiger partial charge on any atom is 0.513 e. The molecule has 9 nitrogen and oxygen atoms in total. The second-order valence-electron chi connectivity index (χ2n) is 8.73. The van der Waals surface area contributed by atoms with Gasteiger partial charge in [0.2, 0.25) is 0 Å². The number of nitrogens with zero attached hydrogens (tertiary/aromatic N) is 1. The zero-order valence-corrected chi connectivity index (χ0v) is 20.3. The number of hydrogen-bond donors (Lipinski definition) is 0. The highest BCUT2D eigenvalue weighted by molar-refractivity contribution is 6.23. The van der Waals surface area contributed by atoms with Gasteiger partial charge in [-0.2, -0.15) is 0 Å². The molecule has 2 heterocycles. The molecule has 0 unspecified atom stereocenters. The maximum absolute atomic E-state index is 13.9. The Labute approximate surface area is 199 Å². The fourth-order valence-corrected chi connectivity index (χ4v) is 5.14. The van der Waals surface area contributed by atoms with Gasteiger partial charge in [0.15, 0.2) is 18.3 Å². The number of ether oxygens (including phenoxy) is 5. The average Bonchev–Trinajstić information content (AvgIpc) is 3.34. The summed E-state index contributed by atoms with van der Waals surface area (Å²) >= 11 is 0. The van der Waals surface area contributed by atoms with Crippen LogP contribution in [0.15, 0.2) is 24.0 Å². The molecule has 186 valence electrons. The van der Waals surface area contributed by atoms with Crippen molar-refractivity contribution >= 4 is 17.6 Å². The van der Waals surface area contributed by atoms with Crippen molar-refractivity contribution < 1.29 is 38.1 Å². The molecule has 34 heavy (non-hydrogen) atoms. The lowest BCUT2D eigenvalue weighted by molar-refractivity contribution is -0.268. The lowest BCUT2D eigenvalue weighted by Crippen LogP contribution is -2.54. The molecule has 2 fully saturated rings. The Hall–Kier alpha value is -2.46. The predicted octanol–water partition coefficient (Wildman–Crippen LogP) is 4.01. The first-order valence-electron chi connectivity index (χ1n) is 11.9. The van der Waals surface area contributed by atoms with Crippen LogP contribution in [0.3, 0.4) is 0 Å². The molecule has 0 bridgehead atoms. The molecular weight excluding hydrogens is 442 g/mol. The Balaban J connectivity index is 1.82. The minimum atomic E-state index is -1.02. The largest absolute Gasteiger partial charge is 0.513 e. The second kappa shape index (κ2) is 10.0. The number of benzene rings is 1. The summed E-state index contributed by atoms with van der Waals surface area (Å²) in [7, 11) is 0. The van der Waals surface area contributed by atoms with Crippen molar-refractivity contribution in [3.05, 3.63) is 40.6 Å². The molecule has 1 saturated carbocycles. The number of carbonyl (C=O) groups excluding carboxylic acids is 2. The van der Waals surface area contributed by atoms with Gasteiger partial charge in [-0.3, -0.25) is 4.79 Å². The van der Waals surface area contributed by atoms with Gasteiger partial charge in [0.05, 0.1) is 25.4 Å². The molecule has 3 aliphatic rings. The van der Waals surface area contributed by atoms with Gasteiger partial charge >= 0.3 is 6.16 Å². The summed E-state index contributed by atoms with van der Waals surface area (Å²) in [5, 5.41) is 1.33. The van der Waals surface area contributed by atoms with E-state index in [0.29, 0.717) is 51.1 Å². The summed E-state index contributed by atoms with van der Waals surface area (Å²) < 4.78 is 28.2. The topological polar surface area (TPSA) is 92.8 Å². The van der Waals surface area contributed by atoms with Crippen LogP contribution in [0.2, 0.25) is 0 Å². The third-order valence-corrected chi connectivity index (χ3v) is 6.74. The molecule has 1 amide bonds. The Morgan fingerprint density at radius 1 is 1.03 bits per heavy atom. The van der Waals surface area contributed by atoms with E-state index in [1.54, 1.807) is 6.92 Å². The van der Waals surface area contributed by atoms with Gasteiger partial charge < -0.3 is 23.7 Å². The van der Waals surface area contributed by atoms with E-state index in [2.05, 4.69) is 0 Å². The molecule has 1 saturated heterocycles. The minimum absolute atomic E-state index is 0.102. The molecular formula is C25H33NO8. The van der Waals surface area contributed by atoms with Gasteiger partial charge in [0, 0.05) is 19.4 Å². The number of hydrogen-bond acceptors (Lipinski definition) is 8. The zero-order chi connectivity index (χ0) is 24.3. The van der Waals surface area contributed by atoms with Crippen LogP contribution in [0.4, 0.5) is 4.79 Å². The summed E-state index contributed by atoms with van der Waals surface area (Å²) in [6.45, 7) is 8.96. The van der Waals surface area contributed by atoms with Gasteiger partial charge in [-0.1, -0.05) is 18.2 Å². The molecule has 1 aromatic rings. The van der Waals surface area contributed by atoms with Gasteiger partial charge in [-0.05, 0) is 57.2 Å². The Morgan fingerprint density at radius 2 is 1.68 bits per heavy atom. The van der Waals surface area contributed by atoms with Crippen molar-refractivity contribution in [1.82, 2.24) is 5.06 Å². The number of aryl methyl sites for hydroxylation is 2. The fourth-order valence-electron chi connectivity index (χ4n) is 5.14. The third-order valence-electron chi connectivity index (χ3n) is 6.74. The molecule has 0 aromatic heterocycles. The lowest BCUT2D eigenvalue weighted by Gasteiger charge is -2.45. The lowest BCUT2D eigenvalue weighted by atomic mass is 9.77. The normalized spacial score (nSPS) is 21.1. The van der Waals surface area contributed by atoms with Crippen molar-refractivity contribution in [3.8, 4) is 0 Å². The van der Waals surface area contributed by atoms with Crippen molar-refractivity contribution in [3.63, 3.8) is 0 Å². The van der Waals surface area contributed by atoms with Gasteiger partial charge in [-0.25, -0.2) is 14.7 Å². The van der Waals surface area contributed by atoms with E-state index in [1.807, 2.05) is 39.0 Å². The molecule has 0 N–H and O–H groups in total. The number of rotatable bonds is 7. The van der Waals surface area contributed by atoms with Crippen LogP contribution in [0.5, 0.6) is 0 Å². The van der Waals surface area contributed by atoms with E-state index in [-0.39, 0.29) is 25.1 Å². The average molecular weight is 476 g/mol. The summed E-state index contributed by atoms with van der Waals surface area (Å²) in [5.41, 5.74) is 1.80. The fraction of sp³-hybridized carbons (Fsp3) is 0.600. The van der Waals surface area contributed by atoms with Crippen LogP contribution in [-0.4, -0.2) is 61.7 Å². The molecule has 0 atom stereocenters. The molecule has 2 spiro atoms. The van der Waals surface area contributed by atoms with Gasteiger partial charge in [0.1, 0.15) is 5.54 Å². The van der Waals surface area contributed by atoms with Crippen LogP contribution >= 0.6 is 0 Å². The van der Waals surface area contributed by atoms with E-state index in [0.717, 1.165) is 16.7 Å². The predicted molar refractivity (Wildman–Crippen MR) is 121 cm³/mol. The van der Waals surface area contributed by atoms with E-state index in [4.69, 9.17) is 28.5 Å². The Bertz CT molecular complexity index is 935. The summed E-state index contributed by atoms with van der Waals surface area (Å²) in [6.07, 6.45) is 1.03. The number of carbonyl (C=O) groups is 2. The molecule has 4 rings (SSSR count). The molecule has 2 aliphatic heterocycles. The van der Waals surface area contributed by atoms with Crippen molar-refractivity contribution in [2.45, 2.75) is 64.7 Å². The Morgan fingerprint density at radius 3 is 2.26 bits per heavy atom. The molecule has 1 aromatic carbocycles. The van der Waals surface area contributed by atoms with Gasteiger partial charge in [-0.15, -0.1) is 0 Å². The van der Waals surface area contributed by atoms with Crippen molar-refractivity contribution in [2.75, 3.05) is 33.2 Å². The quantitative estimate of drug-likeness (QED) is 0.332. The first-order chi connectivity index (χ1) is 16.4. The standard InChI is InChI=1S/C25H33NO8/c1-5-29-16-33-26-22(27)20(19-17(3)8-7-9-18(19)4)21(34-23(28)30-6-2)24(26)10-12-25(13-11-24)31-14-15-32-25/h7-9H,5-6,10-16H2,1-4H3. The van der Waals surface area contributed by atoms with Crippen molar-refractivity contribution in [2.24, 2.45) is 0 Å². The molecule has 0 radical (unpaired) electrons. The smallest absolute Gasteiger partial charge is 0.434 e. The third kappa shape index (κ3) is 4.33. The van der Waals surface area contributed by atoms with Crippen LogP contribution in [-0.2, 0) is 33.3 Å². The van der Waals surface area contributed by atoms with Crippen LogP contribution in [0, 0.1) is 13.8 Å². The van der Waals surface area contributed by atoms with E-state index < -0.39 is 17.5 Å². The SMILES string of the molecule is CCOCON1C(=O)C(c2c(C)cccc2C)=C(OC(=O)OCC)C12CCC1(CC2)OCCO1. The second-order valence-corrected chi connectivity index (χ2v) is 8.73. The van der Waals surface area contributed by atoms with Crippen LogP contribution in [0.25, 0.3) is 5.57 Å². The highest BCUT2D eigenvalue weighted by Gasteiger charge is 2.60. The van der Waals surface area contributed by atoms with Gasteiger partial charge in [0.25, 0.3) is 5.91 Å². The Kier molecular flexibility index (Phi) is 7.28. The molecule has 1 aliphatic carbocycles. The minimum Gasteiger partial charge on any atom is -0.434 e. The number of amides is 1. The van der Waals surface area contributed by atoms with Crippen molar-refractivity contribution in [1.29, 1.82) is 0 Å². The van der Waals surface area contributed by atoms with Crippen LogP contribution < -0.4 is 0 Å². The first-order valence-corrected chi connectivity index (χ1v) is 11.9. The number of hydroxylamine groups is 2. The monoisotopic (exact) mass is 475 g/mol. The van der Waals surface area contributed by atoms with E-state index in [9.17, 15) is 9.59 Å². The summed E-state index contributed by atoms with van der Waals surface area (Å²) in [5.74, 6) is -0.811. The van der Waals surface area contributed by atoms with E-state index in [1.165, 1.54) is 5.06 Å². The maximum atomic E-state index is 13.9. The zero-order valence-electron chi connectivity index (χ0n) is 20.3. The van der Waals surface area contributed by atoms with E-state index >= 15 is 0 Å². The van der Waals surface area contributed by atoms with Crippen LogP contribution in [0.1, 0.15) is 56.2 Å². The summed E-state index contributed by atoms with van der Waals surface area (Å²) in [6, 6.07) is 5.78. The highest BCUT2D eigenvalue weighted by Crippen LogP contribution is 2.53. The first kappa shape index (κ1) is 24.7. The highest BCUT2D eigenvalue weighted by atomic mass is 16.8. The molecule has 9 heteroatoms.